The van der Waals surface area contributed by atoms with Crippen LogP contribution in [-0.4, -0.2) is 39.1 Å². The molecule has 6 nitrogen and oxygen atoms in total. The molecule has 0 unspecified atom stereocenters. The molecular weight excluding hydrogens is 368 g/mol. The number of hydrogen-bond donors (Lipinski definition) is 1. The van der Waals surface area contributed by atoms with Crippen molar-refractivity contribution in [3.05, 3.63) is 53.1 Å². The Bertz CT molecular complexity index is 844. The number of carbonyl (C=O) groups excluding carboxylic acids is 2. The van der Waals surface area contributed by atoms with E-state index in [0.717, 1.165) is 22.4 Å². The van der Waals surface area contributed by atoms with E-state index in [0.29, 0.717) is 31.0 Å². The first-order valence-electron chi connectivity index (χ1n) is 9.69. The summed E-state index contributed by atoms with van der Waals surface area (Å²) in [6.45, 7) is 6.34. The zero-order valence-corrected chi connectivity index (χ0v) is 17.9. The molecule has 0 saturated heterocycles. The van der Waals surface area contributed by atoms with Gasteiger partial charge in [-0.2, -0.15) is 0 Å². The SMILES string of the molecule is COc1ccc(CCNC(=O)CCN(C(C)=O)c2c(C)cccc2C)cc1OC. The minimum absolute atomic E-state index is 0.0690. The van der Waals surface area contributed by atoms with E-state index in [4.69, 9.17) is 9.47 Å². The number of rotatable bonds is 9. The number of anilines is 1. The van der Waals surface area contributed by atoms with Gasteiger partial charge in [0, 0.05) is 32.1 Å². The van der Waals surface area contributed by atoms with Gasteiger partial charge in [0.25, 0.3) is 0 Å². The van der Waals surface area contributed by atoms with Gasteiger partial charge in [0.1, 0.15) is 0 Å². The summed E-state index contributed by atoms with van der Waals surface area (Å²) in [5.74, 6) is 1.20. The Morgan fingerprint density at radius 1 is 1.00 bits per heavy atom. The van der Waals surface area contributed by atoms with E-state index in [-0.39, 0.29) is 18.2 Å². The van der Waals surface area contributed by atoms with Gasteiger partial charge in [0.05, 0.1) is 14.2 Å². The van der Waals surface area contributed by atoms with Crippen molar-refractivity contribution >= 4 is 17.5 Å². The van der Waals surface area contributed by atoms with Crippen molar-refractivity contribution in [2.75, 3.05) is 32.2 Å². The van der Waals surface area contributed by atoms with Gasteiger partial charge in [-0.05, 0) is 49.1 Å². The molecule has 0 aliphatic carbocycles. The summed E-state index contributed by atoms with van der Waals surface area (Å²) in [6.07, 6.45) is 0.929. The number of amides is 2. The second kappa shape index (κ2) is 10.5. The number of benzene rings is 2. The smallest absolute Gasteiger partial charge is 0.223 e. The highest BCUT2D eigenvalue weighted by Gasteiger charge is 2.17. The molecule has 2 aromatic rings. The molecular formula is C23H30N2O4. The molecule has 1 N–H and O–H groups in total. The fourth-order valence-electron chi connectivity index (χ4n) is 3.34. The molecule has 6 heteroatoms. The molecule has 156 valence electrons. The van der Waals surface area contributed by atoms with Crippen LogP contribution in [0.1, 0.15) is 30.0 Å². The van der Waals surface area contributed by atoms with Crippen LogP contribution in [0.4, 0.5) is 5.69 Å². The third-order valence-corrected chi connectivity index (χ3v) is 4.84. The first-order chi connectivity index (χ1) is 13.9. The molecule has 2 aromatic carbocycles. The monoisotopic (exact) mass is 398 g/mol. The Morgan fingerprint density at radius 2 is 1.66 bits per heavy atom. The summed E-state index contributed by atoms with van der Waals surface area (Å²) >= 11 is 0. The van der Waals surface area contributed by atoms with Crippen LogP contribution in [0.3, 0.4) is 0 Å². The minimum Gasteiger partial charge on any atom is -0.493 e. The second-order valence-corrected chi connectivity index (χ2v) is 6.95. The predicted octanol–water partition coefficient (Wildman–Crippen LogP) is 3.42. The van der Waals surface area contributed by atoms with Crippen molar-refractivity contribution in [1.82, 2.24) is 5.32 Å². The lowest BCUT2D eigenvalue weighted by atomic mass is 10.1. The highest BCUT2D eigenvalue weighted by Crippen LogP contribution is 2.27. The average molecular weight is 399 g/mol. The molecule has 0 heterocycles. The number of para-hydroxylation sites is 1. The van der Waals surface area contributed by atoms with Gasteiger partial charge in [-0.3, -0.25) is 9.59 Å². The van der Waals surface area contributed by atoms with Crippen molar-refractivity contribution < 1.29 is 19.1 Å². The number of aryl methyl sites for hydroxylation is 2. The molecule has 0 aromatic heterocycles. The fourth-order valence-corrected chi connectivity index (χ4v) is 3.34. The van der Waals surface area contributed by atoms with E-state index in [9.17, 15) is 9.59 Å². The summed E-state index contributed by atoms with van der Waals surface area (Å²) in [5.41, 5.74) is 3.98. The summed E-state index contributed by atoms with van der Waals surface area (Å²) in [6, 6.07) is 11.6. The van der Waals surface area contributed by atoms with E-state index < -0.39 is 0 Å². The largest absolute Gasteiger partial charge is 0.493 e. The average Bonchev–Trinajstić information content (AvgIpc) is 2.69. The first-order valence-corrected chi connectivity index (χ1v) is 9.69. The number of methoxy groups -OCH3 is 2. The predicted molar refractivity (Wildman–Crippen MR) is 115 cm³/mol. The van der Waals surface area contributed by atoms with E-state index >= 15 is 0 Å². The maximum atomic E-state index is 12.3. The summed E-state index contributed by atoms with van der Waals surface area (Å²) in [7, 11) is 3.20. The van der Waals surface area contributed by atoms with E-state index in [1.54, 1.807) is 19.1 Å². The highest BCUT2D eigenvalue weighted by molar-refractivity contribution is 5.94. The van der Waals surface area contributed by atoms with Crippen LogP contribution in [0.25, 0.3) is 0 Å². The van der Waals surface area contributed by atoms with Crippen LogP contribution in [0.2, 0.25) is 0 Å². The Kier molecular flexibility index (Phi) is 8.07. The van der Waals surface area contributed by atoms with Gasteiger partial charge >= 0.3 is 0 Å². The number of nitrogens with one attached hydrogen (secondary N) is 1. The summed E-state index contributed by atoms with van der Waals surface area (Å²) in [4.78, 5) is 26.1. The maximum Gasteiger partial charge on any atom is 0.223 e. The zero-order chi connectivity index (χ0) is 21.4. The van der Waals surface area contributed by atoms with Crippen LogP contribution in [-0.2, 0) is 16.0 Å². The van der Waals surface area contributed by atoms with Gasteiger partial charge in [0.2, 0.25) is 11.8 Å². The Morgan fingerprint density at radius 3 is 2.24 bits per heavy atom. The van der Waals surface area contributed by atoms with Crippen LogP contribution < -0.4 is 19.7 Å². The second-order valence-electron chi connectivity index (χ2n) is 6.95. The quantitative estimate of drug-likeness (QED) is 0.703. The number of carbonyl (C=O) groups is 2. The van der Waals surface area contributed by atoms with Gasteiger partial charge in [0.15, 0.2) is 11.5 Å². The van der Waals surface area contributed by atoms with Crippen LogP contribution in [0.5, 0.6) is 11.5 Å². The first kappa shape index (κ1) is 22.3. The number of nitrogens with zero attached hydrogens (tertiary/aromatic N) is 1. The van der Waals surface area contributed by atoms with Gasteiger partial charge in [-0.25, -0.2) is 0 Å². The van der Waals surface area contributed by atoms with E-state index in [1.165, 1.54) is 6.92 Å². The fraction of sp³-hybridized carbons (Fsp3) is 0.391. The topological polar surface area (TPSA) is 67.9 Å². The molecule has 0 aliphatic heterocycles. The lowest BCUT2D eigenvalue weighted by Crippen LogP contribution is -2.35. The summed E-state index contributed by atoms with van der Waals surface area (Å²) in [5, 5.41) is 2.92. The van der Waals surface area contributed by atoms with Crippen molar-refractivity contribution in [1.29, 1.82) is 0 Å². The molecule has 0 saturated carbocycles. The maximum absolute atomic E-state index is 12.3. The molecule has 0 atom stereocenters. The van der Waals surface area contributed by atoms with Gasteiger partial charge < -0.3 is 19.7 Å². The standard InChI is InChI=1S/C23H30N2O4/c1-16-7-6-8-17(2)23(16)25(18(3)26)14-12-22(27)24-13-11-19-9-10-20(28-4)21(15-19)29-5/h6-10,15H,11-14H2,1-5H3,(H,24,27). The number of hydrogen-bond acceptors (Lipinski definition) is 4. The molecule has 0 bridgehead atoms. The van der Waals surface area contributed by atoms with Crippen molar-refractivity contribution in [3.8, 4) is 11.5 Å². The van der Waals surface area contributed by atoms with Crippen LogP contribution in [0.15, 0.2) is 36.4 Å². The molecule has 0 spiro atoms. The summed E-state index contributed by atoms with van der Waals surface area (Å²) < 4.78 is 10.5. The molecule has 2 rings (SSSR count). The van der Waals surface area contributed by atoms with E-state index in [1.807, 2.05) is 50.2 Å². The van der Waals surface area contributed by atoms with E-state index in [2.05, 4.69) is 5.32 Å². The van der Waals surface area contributed by atoms with Gasteiger partial charge in [-0.15, -0.1) is 0 Å². The Labute approximate surface area is 172 Å². The molecule has 0 radical (unpaired) electrons. The van der Waals surface area contributed by atoms with Crippen molar-refractivity contribution in [3.63, 3.8) is 0 Å². The van der Waals surface area contributed by atoms with Crippen LogP contribution in [0, 0.1) is 13.8 Å². The van der Waals surface area contributed by atoms with Crippen molar-refractivity contribution in [2.45, 2.75) is 33.6 Å². The Balaban J connectivity index is 1.89. The zero-order valence-electron chi connectivity index (χ0n) is 17.9. The molecule has 2 amide bonds. The van der Waals surface area contributed by atoms with Crippen LogP contribution >= 0.6 is 0 Å². The third kappa shape index (κ3) is 5.98. The highest BCUT2D eigenvalue weighted by atomic mass is 16.5. The molecule has 29 heavy (non-hydrogen) atoms. The molecule has 0 fully saturated rings. The van der Waals surface area contributed by atoms with Crippen molar-refractivity contribution in [2.24, 2.45) is 0 Å². The number of ether oxygens (including phenoxy) is 2. The lowest BCUT2D eigenvalue weighted by Gasteiger charge is -2.25. The third-order valence-electron chi connectivity index (χ3n) is 4.84. The lowest BCUT2D eigenvalue weighted by molar-refractivity contribution is -0.121. The van der Waals surface area contributed by atoms with Gasteiger partial charge in [-0.1, -0.05) is 24.3 Å². The molecule has 0 aliphatic rings. The normalized spacial score (nSPS) is 10.4. The Hall–Kier alpha value is -3.02. The minimum atomic E-state index is -0.0806.